The van der Waals surface area contributed by atoms with Gasteiger partial charge in [0.25, 0.3) is 0 Å². The summed E-state index contributed by atoms with van der Waals surface area (Å²) in [6, 6.07) is 29.7. The summed E-state index contributed by atoms with van der Waals surface area (Å²) in [5, 5.41) is 4.05. The van der Waals surface area contributed by atoms with E-state index in [-0.39, 0.29) is 22.4 Å². The van der Waals surface area contributed by atoms with E-state index in [2.05, 4.69) is 9.97 Å². The van der Waals surface area contributed by atoms with E-state index < -0.39 is 0 Å². The van der Waals surface area contributed by atoms with Crippen molar-refractivity contribution < 1.29 is 22.4 Å². The molecule has 0 fully saturated rings. The van der Waals surface area contributed by atoms with Gasteiger partial charge in [0, 0.05) is 43.8 Å². The largest absolute Gasteiger partial charge is 1.00 e. The molecule has 0 atom stereocenters. The Kier molecular flexibility index (Phi) is 5.60. The fourth-order valence-corrected chi connectivity index (χ4v) is 5.91. The summed E-state index contributed by atoms with van der Waals surface area (Å²) in [6.45, 7) is 0. The third-order valence-electron chi connectivity index (χ3n) is 7.53. The molecule has 0 radical (unpaired) electrons. The Labute approximate surface area is 258 Å². The number of fused-ring (bicyclic) bond motifs is 20. The second kappa shape index (κ2) is 9.40. The van der Waals surface area contributed by atoms with Gasteiger partial charge in [-0.05, 0) is 6.07 Å². The van der Waals surface area contributed by atoms with Gasteiger partial charge >= 0.3 is 22.4 Å². The van der Waals surface area contributed by atoms with Gasteiger partial charge in [-0.1, -0.05) is 96.5 Å². The topological polar surface area (TPSA) is 109 Å². The number of aromatic nitrogens is 8. The molecule has 0 spiro atoms. The first-order valence-electron chi connectivity index (χ1n) is 13.1. The van der Waals surface area contributed by atoms with Gasteiger partial charge in [0.1, 0.15) is 22.6 Å². The van der Waals surface area contributed by atoms with Crippen LogP contribution in [-0.2, 0) is 22.4 Å². The molecule has 202 valence electrons. The van der Waals surface area contributed by atoms with E-state index in [1.165, 1.54) is 0 Å². The van der Waals surface area contributed by atoms with Gasteiger partial charge in [-0.15, -0.1) is 0 Å². The first-order valence-corrected chi connectivity index (χ1v) is 13.5. The van der Waals surface area contributed by atoms with Crippen molar-refractivity contribution in [1.29, 1.82) is 0 Å². The van der Waals surface area contributed by atoms with Crippen LogP contribution in [0.1, 0.15) is 0 Å². The van der Waals surface area contributed by atoms with Crippen molar-refractivity contribution in [2.45, 2.75) is 0 Å². The minimum absolute atomic E-state index is 0. The van der Waals surface area contributed by atoms with Crippen molar-refractivity contribution in [3.63, 3.8) is 0 Å². The molecular formula is C32H17AgClN8+. The van der Waals surface area contributed by atoms with Crippen molar-refractivity contribution in [2.75, 3.05) is 0 Å². The Hall–Kier alpha value is -4.73. The number of rotatable bonds is 0. The Morgan fingerprint density at radius 2 is 0.786 bits per heavy atom. The molecule has 10 heteroatoms. The third-order valence-corrected chi connectivity index (χ3v) is 7.84. The summed E-state index contributed by atoms with van der Waals surface area (Å²) in [6.07, 6.45) is 0. The summed E-state index contributed by atoms with van der Waals surface area (Å²) < 4.78 is 0. The van der Waals surface area contributed by atoms with Gasteiger partial charge in [0.05, 0.1) is 5.02 Å². The van der Waals surface area contributed by atoms with Crippen molar-refractivity contribution in [3.05, 3.63) is 96.0 Å². The maximum Gasteiger partial charge on any atom is 1.00 e. The van der Waals surface area contributed by atoms with Gasteiger partial charge in [0.15, 0.2) is 23.3 Å². The van der Waals surface area contributed by atoms with E-state index in [0.29, 0.717) is 50.9 Å². The van der Waals surface area contributed by atoms with Crippen LogP contribution < -0.4 is 0 Å². The van der Waals surface area contributed by atoms with Crippen molar-refractivity contribution in [1.82, 2.24) is 39.9 Å². The van der Waals surface area contributed by atoms with Crippen LogP contribution in [0.2, 0.25) is 5.02 Å². The van der Waals surface area contributed by atoms with E-state index in [9.17, 15) is 0 Å². The average molecular weight is 657 g/mol. The van der Waals surface area contributed by atoms with Crippen LogP contribution in [0.25, 0.3) is 89.7 Å². The number of aromatic amines is 2. The smallest absolute Gasteiger partial charge is 0.324 e. The van der Waals surface area contributed by atoms with E-state index in [1.54, 1.807) is 0 Å². The van der Waals surface area contributed by atoms with Crippen LogP contribution in [0.4, 0.5) is 0 Å². The predicted molar refractivity (Wildman–Crippen MR) is 161 cm³/mol. The molecule has 3 aromatic heterocycles. The molecule has 0 saturated heterocycles. The molecule has 8 nitrogen and oxygen atoms in total. The number of hydrogen-bond acceptors (Lipinski definition) is 6. The maximum absolute atomic E-state index is 6.73. The fraction of sp³-hybridized carbons (Fsp3) is 0. The van der Waals surface area contributed by atoms with Crippen molar-refractivity contribution >= 4 is 55.7 Å². The van der Waals surface area contributed by atoms with Gasteiger partial charge < -0.3 is 9.97 Å². The minimum Gasteiger partial charge on any atom is -0.324 e. The summed E-state index contributed by atoms with van der Waals surface area (Å²) in [5.74, 6) is 2.24. The van der Waals surface area contributed by atoms with Crippen LogP contribution in [0.5, 0.6) is 0 Å². The molecule has 2 N–H and O–H groups in total. The Balaban J connectivity index is 0.00000267. The number of benzene rings is 4. The van der Waals surface area contributed by atoms with Crippen LogP contribution in [0.3, 0.4) is 0 Å². The molecule has 0 amide bonds. The van der Waals surface area contributed by atoms with E-state index >= 15 is 0 Å². The number of nitrogens with zero attached hydrogens (tertiary/aromatic N) is 6. The number of H-pyrrole nitrogens is 2. The average Bonchev–Trinajstić information content (AvgIpc) is 3.73. The molecular weight excluding hydrogens is 640 g/mol. The van der Waals surface area contributed by atoms with Crippen LogP contribution in [0, 0.1) is 0 Å². The molecule has 4 aromatic carbocycles. The number of nitrogens with one attached hydrogen (secondary N) is 2. The van der Waals surface area contributed by atoms with Crippen molar-refractivity contribution in [2.24, 2.45) is 0 Å². The van der Waals surface area contributed by atoms with E-state index in [4.69, 9.17) is 41.5 Å². The quantitative estimate of drug-likeness (QED) is 0.164. The Morgan fingerprint density at radius 1 is 0.405 bits per heavy atom. The van der Waals surface area contributed by atoms with Crippen LogP contribution in [0.15, 0.2) is 91.0 Å². The SMILES string of the molecule is Clc1cccc2c3nc4nc(nc5[nH]c(nc6nc(nc([nH]3)c12)-c1ccccc1-6)c1ccccc51)-c1ccccc1-4.[Ag+]. The second-order valence-corrected chi connectivity index (χ2v) is 10.3. The summed E-state index contributed by atoms with van der Waals surface area (Å²) >= 11 is 6.73. The Bertz CT molecular complexity index is 2410. The molecule has 0 unspecified atom stereocenters. The maximum atomic E-state index is 6.73. The van der Waals surface area contributed by atoms with Gasteiger partial charge in [-0.2, -0.15) is 0 Å². The summed E-state index contributed by atoms with van der Waals surface area (Å²) in [5.41, 5.74) is 6.09. The van der Waals surface area contributed by atoms with E-state index in [1.807, 2.05) is 91.0 Å². The zero-order valence-electron chi connectivity index (χ0n) is 21.5. The predicted octanol–water partition coefficient (Wildman–Crippen LogP) is 7.52. The summed E-state index contributed by atoms with van der Waals surface area (Å²) in [4.78, 5) is 36.6. The molecule has 0 saturated carbocycles. The standard InChI is InChI=1S/C32H17ClN8.Ag/c33-23-15-7-14-22-24(23)32-40-30-21-13-6-5-12-20(21)28(38-30)36-26-17-9-2-1-8-16(17)25(34-26)35-27-18-10-3-4-11-19(18)29(37-27)39-31(22)41-32;/h1-15H,(H2,34,35,36,37,38,39,40,41);/q;+1. The van der Waals surface area contributed by atoms with Crippen molar-refractivity contribution in [3.8, 4) is 45.6 Å². The first kappa shape index (κ1) is 25.0. The molecule has 42 heavy (non-hydrogen) atoms. The zero-order valence-corrected chi connectivity index (χ0v) is 23.8. The molecule has 7 aromatic rings. The zero-order chi connectivity index (χ0) is 27.1. The monoisotopic (exact) mass is 655 g/mol. The molecule has 8 bridgehead atoms. The van der Waals surface area contributed by atoms with Gasteiger partial charge in [-0.3, -0.25) is 0 Å². The Morgan fingerprint density at radius 3 is 1.29 bits per heavy atom. The van der Waals surface area contributed by atoms with Crippen LogP contribution >= 0.6 is 11.6 Å². The summed E-state index contributed by atoms with van der Waals surface area (Å²) in [7, 11) is 0. The first-order chi connectivity index (χ1) is 20.2. The third kappa shape index (κ3) is 3.67. The minimum atomic E-state index is 0. The second-order valence-electron chi connectivity index (χ2n) is 9.91. The molecule has 9 rings (SSSR count). The normalized spacial score (nSPS) is 11.7. The van der Waals surface area contributed by atoms with Crippen LogP contribution in [-0.4, -0.2) is 39.9 Å². The van der Waals surface area contributed by atoms with Gasteiger partial charge in [-0.25, -0.2) is 29.9 Å². The number of halogens is 1. The van der Waals surface area contributed by atoms with Gasteiger partial charge in [0.2, 0.25) is 0 Å². The molecule has 2 aliphatic rings. The molecule has 0 aliphatic carbocycles. The molecule has 5 heterocycles. The van der Waals surface area contributed by atoms with E-state index in [0.717, 1.165) is 43.8 Å². The molecule has 2 aliphatic heterocycles. The fourth-order valence-electron chi connectivity index (χ4n) is 5.65. The number of hydrogen-bond donors (Lipinski definition) is 2.